The SMILES string of the molecule is NCCCCNC(=O)[C@H](CCCN(O)C=O)NC(=O)[C@H](CCN)NC(=O)[C@@H](NC(=O)[C@H](CO)NC(=O)CC(O)C(N)CO)[C@@H](O)C(=O)O. The van der Waals surface area contributed by atoms with E-state index in [1.165, 1.54) is 0 Å². The van der Waals surface area contributed by atoms with E-state index in [0.29, 0.717) is 24.4 Å². The van der Waals surface area contributed by atoms with Crippen LogP contribution < -0.4 is 43.8 Å². The van der Waals surface area contributed by atoms with Crippen molar-refractivity contribution < 1.29 is 64.3 Å². The Kier molecular flexibility index (Phi) is 22.1. The van der Waals surface area contributed by atoms with Crippen LogP contribution in [0.25, 0.3) is 0 Å². The average Bonchev–Trinajstić information content (AvgIpc) is 3.05. The zero-order valence-corrected chi connectivity index (χ0v) is 26.3. The number of hydrogen-bond acceptors (Lipinski definition) is 15. The van der Waals surface area contributed by atoms with Gasteiger partial charge < -0.3 is 69.3 Å². The maximum absolute atomic E-state index is 13.2. The van der Waals surface area contributed by atoms with Crippen molar-refractivity contribution in [2.24, 2.45) is 17.2 Å². The monoisotopic (exact) mass is 695 g/mol. The third kappa shape index (κ3) is 16.7. The van der Waals surface area contributed by atoms with Gasteiger partial charge in [-0.3, -0.25) is 34.0 Å². The fraction of sp³-hybridized carbons (Fsp3) is 0.731. The molecule has 0 aliphatic rings. The topological polar surface area (TPSA) is 382 Å². The predicted octanol–water partition coefficient (Wildman–Crippen LogP) is -7.73. The molecule has 276 valence electrons. The number of unbranched alkanes of at least 4 members (excludes halogenated alkanes) is 1. The van der Waals surface area contributed by atoms with Gasteiger partial charge in [-0.25, -0.2) is 9.86 Å². The van der Waals surface area contributed by atoms with Crippen molar-refractivity contribution in [3.05, 3.63) is 0 Å². The molecule has 2 unspecified atom stereocenters. The number of aliphatic hydroxyl groups is 4. The first kappa shape index (κ1) is 44.0. The second kappa shape index (κ2) is 24.2. The van der Waals surface area contributed by atoms with E-state index in [1.54, 1.807) is 0 Å². The molecule has 0 saturated heterocycles. The van der Waals surface area contributed by atoms with Gasteiger partial charge in [0, 0.05) is 13.1 Å². The number of carbonyl (C=O) groups excluding carboxylic acids is 6. The number of carboxylic acid groups (broad SMARTS) is 1. The van der Waals surface area contributed by atoms with Gasteiger partial charge in [0.2, 0.25) is 35.9 Å². The summed E-state index contributed by atoms with van der Waals surface area (Å²) in [6.07, 6.45) is -3.84. The highest BCUT2D eigenvalue weighted by Gasteiger charge is 2.37. The van der Waals surface area contributed by atoms with Crippen LogP contribution in [0.5, 0.6) is 0 Å². The number of hydrogen-bond donors (Lipinski definition) is 14. The predicted molar refractivity (Wildman–Crippen MR) is 163 cm³/mol. The summed E-state index contributed by atoms with van der Waals surface area (Å²) in [6, 6.07) is -8.07. The zero-order chi connectivity index (χ0) is 36.8. The van der Waals surface area contributed by atoms with E-state index in [1.807, 2.05) is 10.6 Å². The minimum atomic E-state index is -2.60. The van der Waals surface area contributed by atoms with Crippen LogP contribution in [0, 0.1) is 0 Å². The molecule has 0 aromatic carbocycles. The van der Waals surface area contributed by atoms with Gasteiger partial charge >= 0.3 is 5.97 Å². The van der Waals surface area contributed by atoms with Crippen molar-refractivity contribution in [2.75, 3.05) is 39.4 Å². The molecule has 0 fully saturated rings. The summed E-state index contributed by atoms with van der Waals surface area (Å²) in [6.45, 7) is -1.54. The van der Waals surface area contributed by atoms with E-state index in [9.17, 15) is 59.2 Å². The normalized spacial score (nSPS) is 15.3. The summed E-state index contributed by atoms with van der Waals surface area (Å²) in [4.78, 5) is 86.4. The Hall–Kier alpha value is -4.03. The zero-order valence-electron chi connectivity index (χ0n) is 26.3. The Labute approximate surface area is 275 Å². The van der Waals surface area contributed by atoms with Crippen LogP contribution in [0.3, 0.4) is 0 Å². The van der Waals surface area contributed by atoms with Crippen molar-refractivity contribution in [2.45, 2.75) is 80.9 Å². The average molecular weight is 696 g/mol. The minimum Gasteiger partial charge on any atom is -0.479 e. The van der Waals surface area contributed by atoms with Crippen molar-refractivity contribution in [3.8, 4) is 0 Å². The number of nitrogens with two attached hydrogens (primary N) is 3. The molecule has 48 heavy (non-hydrogen) atoms. The Morgan fingerprint density at radius 2 is 1.35 bits per heavy atom. The highest BCUT2D eigenvalue weighted by molar-refractivity contribution is 5.97. The van der Waals surface area contributed by atoms with Gasteiger partial charge in [0.25, 0.3) is 0 Å². The molecule has 0 saturated carbocycles. The van der Waals surface area contributed by atoms with Gasteiger partial charge in [-0.2, -0.15) is 0 Å². The number of aliphatic hydroxyl groups excluding tert-OH is 4. The van der Waals surface area contributed by atoms with Crippen LogP contribution >= 0.6 is 0 Å². The molecule has 0 aliphatic carbocycles. The molecular formula is C26H49N9O13. The second-order valence-corrected chi connectivity index (χ2v) is 10.6. The van der Waals surface area contributed by atoms with E-state index >= 15 is 0 Å². The molecule has 0 radical (unpaired) electrons. The third-order valence-electron chi connectivity index (χ3n) is 6.74. The van der Waals surface area contributed by atoms with E-state index < -0.39 is 97.6 Å². The van der Waals surface area contributed by atoms with Gasteiger partial charge in [-0.15, -0.1) is 0 Å². The number of hydroxylamine groups is 2. The summed E-state index contributed by atoms with van der Waals surface area (Å²) in [5, 5.41) is 68.7. The Bertz CT molecular complexity index is 1050. The van der Waals surface area contributed by atoms with Crippen LogP contribution in [0.15, 0.2) is 0 Å². The number of amides is 6. The fourth-order valence-corrected chi connectivity index (χ4v) is 3.95. The first-order valence-electron chi connectivity index (χ1n) is 15.0. The molecule has 0 aromatic rings. The van der Waals surface area contributed by atoms with Crippen LogP contribution in [-0.2, 0) is 33.6 Å². The van der Waals surface area contributed by atoms with Gasteiger partial charge in [-0.05, 0) is 45.2 Å². The van der Waals surface area contributed by atoms with E-state index in [2.05, 4.69) is 16.0 Å². The Balaban J connectivity index is 5.87. The van der Waals surface area contributed by atoms with Crippen molar-refractivity contribution >= 4 is 41.9 Å². The maximum Gasteiger partial charge on any atom is 0.335 e. The van der Waals surface area contributed by atoms with Crippen molar-refractivity contribution in [3.63, 3.8) is 0 Å². The lowest BCUT2D eigenvalue weighted by atomic mass is 10.1. The van der Waals surface area contributed by atoms with Crippen LogP contribution in [0.1, 0.15) is 38.5 Å². The maximum atomic E-state index is 13.2. The van der Waals surface area contributed by atoms with Gasteiger partial charge in [0.05, 0.1) is 31.8 Å². The lowest BCUT2D eigenvalue weighted by Gasteiger charge is -2.27. The quantitative estimate of drug-likeness (QED) is 0.0173. The van der Waals surface area contributed by atoms with Crippen LogP contribution in [0.2, 0.25) is 0 Å². The molecule has 0 aromatic heterocycles. The number of nitrogens with zero attached hydrogens (tertiary/aromatic N) is 1. The molecule has 0 rings (SSSR count). The van der Waals surface area contributed by atoms with Gasteiger partial charge in [-0.1, -0.05) is 0 Å². The highest BCUT2D eigenvalue weighted by Crippen LogP contribution is 2.05. The third-order valence-corrected chi connectivity index (χ3v) is 6.74. The summed E-state index contributed by atoms with van der Waals surface area (Å²) in [5.41, 5.74) is 16.4. The summed E-state index contributed by atoms with van der Waals surface area (Å²) >= 11 is 0. The smallest absolute Gasteiger partial charge is 0.335 e. The number of carboxylic acids is 1. The summed E-state index contributed by atoms with van der Waals surface area (Å²) in [5.74, 6) is -7.34. The first-order valence-corrected chi connectivity index (χ1v) is 15.0. The lowest BCUT2D eigenvalue weighted by Crippen LogP contribution is -2.62. The molecule has 0 spiro atoms. The first-order chi connectivity index (χ1) is 22.7. The molecule has 6 amide bonds. The largest absolute Gasteiger partial charge is 0.479 e. The number of nitrogens with one attached hydrogen (secondary N) is 5. The molecule has 22 nitrogen and oxygen atoms in total. The number of aliphatic carboxylic acids is 1. The standard InChI is InChI=1S/C26H49N9O13/c27-6-1-2-8-30-22(42)15(4-3-9-35(48)13-38)32-23(43)16(5-7-28)33-25(45)20(21(41)26(46)47)34-24(44)17(12-37)31-19(40)10-18(39)14(29)11-36/h13-18,20-21,36-37,39,41,48H,1-12,27-29H2,(H,30,42)(H,31,40)(H,32,43)(H,33,45)(H,34,44)(H,46,47)/t14?,15-,16-,17-,18?,20-,21+/m0/s1. The molecule has 17 N–H and O–H groups in total. The molecule has 22 heteroatoms. The summed E-state index contributed by atoms with van der Waals surface area (Å²) < 4.78 is 0. The van der Waals surface area contributed by atoms with Gasteiger partial charge in [0.15, 0.2) is 6.10 Å². The number of carbonyl (C=O) groups is 7. The van der Waals surface area contributed by atoms with Gasteiger partial charge in [0.1, 0.15) is 24.2 Å². The molecule has 0 bridgehead atoms. The van der Waals surface area contributed by atoms with Crippen molar-refractivity contribution in [1.29, 1.82) is 0 Å². The lowest BCUT2D eigenvalue weighted by molar-refractivity contribution is -0.152. The molecule has 0 heterocycles. The molecule has 0 aliphatic heterocycles. The number of rotatable bonds is 26. The summed E-state index contributed by atoms with van der Waals surface area (Å²) in [7, 11) is 0. The fourth-order valence-electron chi connectivity index (χ4n) is 3.95. The Morgan fingerprint density at radius 3 is 1.90 bits per heavy atom. The van der Waals surface area contributed by atoms with E-state index in [0.717, 1.165) is 0 Å². The second-order valence-electron chi connectivity index (χ2n) is 10.6. The molecule has 7 atom stereocenters. The van der Waals surface area contributed by atoms with E-state index in [4.69, 9.17) is 22.3 Å². The van der Waals surface area contributed by atoms with Crippen LogP contribution in [0.4, 0.5) is 0 Å². The van der Waals surface area contributed by atoms with Crippen LogP contribution in [-0.4, -0.2) is 160 Å². The van der Waals surface area contributed by atoms with E-state index in [-0.39, 0.29) is 45.3 Å². The minimum absolute atomic E-state index is 0.0546. The highest BCUT2D eigenvalue weighted by atomic mass is 16.5. The molecular weight excluding hydrogens is 646 g/mol. The Morgan fingerprint density at radius 1 is 0.750 bits per heavy atom. The van der Waals surface area contributed by atoms with Crippen molar-refractivity contribution in [1.82, 2.24) is 31.6 Å².